The lowest BCUT2D eigenvalue weighted by Crippen LogP contribution is -2.41. The topological polar surface area (TPSA) is 82.5 Å². The number of anilines is 1. The van der Waals surface area contributed by atoms with Crippen LogP contribution < -0.4 is 10.4 Å². The van der Waals surface area contributed by atoms with Crippen molar-refractivity contribution in [3.05, 3.63) is 47.8 Å². The van der Waals surface area contributed by atoms with Gasteiger partial charge in [-0.25, -0.2) is 5.48 Å². The minimum atomic E-state index is -0.476. The first kappa shape index (κ1) is 18.9. The van der Waals surface area contributed by atoms with Crippen molar-refractivity contribution < 1.29 is 14.8 Å². The molecule has 6 heteroatoms. The van der Waals surface area contributed by atoms with Crippen molar-refractivity contribution in [2.45, 2.75) is 45.4 Å². The third kappa shape index (κ3) is 3.15. The van der Waals surface area contributed by atoms with E-state index in [1.165, 1.54) is 0 Å². The minimum Gasteiger partial charge on any atom is -0.310 e. The maximum absolute atomic E-state index is 13.4. The zero-order valence-electron chi connectivity index (χ0n) is 16.4. The highest BCUT2D eigenvalue weighted by molar-refractivity contribution is 6.00. The lowest BCUT2D eigenvalue weighted by atomic mass is 9.63. The number of hydroxylamine groups is 1. The van der Waals surface area contributed by atoms with Crippen LogP contribution in [0.3, 0.4) is 0 Å². The number of nitrogens with one attached hydrogen (secondary N) is 1. The summed E-state index contributed by atoms with van der Waals surface area (Å²) in [5.41, 5.74) is 3.80. The number of hydrogen-bond acceptors (Lipinski definition) is 4. The van der Waals surface area contributed by atoms with E-state index in [1.807, 2.05) is 35.4 Å². The first-order valence-corrected chi connectivity index (χ1v) is 10.1. The van der Waals surface area contributed by atoms with E-state index in [1.54, 1.807) is 11.6 Å². The van der Waals surface area contributed by atoms with Gasteiger partial charge in [0.25, 0.3) is 5.91 Å². The molecule has 1 aromatic heterocycles. The van der Waals surface area contributed by atoms with Crippen molar-refractivity contribution in [2.75, 3.05) is 11.4 Å². The van der Waals surface area contributed by atoms with Gasteiger partial charge in [0.05, 0.1) is 17.3 Å². The van der Waals surface area contributed by atoms with E-state index in [4.69, 9.17) is 5.21 Å². The van der Waals surface area contributed by atoms with Gasteiger partial charge in [0.1, 0.15) is 0 Å². The zero-order valence-corrected chi connectivity index (χ0v) is 16.4. The van der Waals surface area contributed by atoms with Gasteiger partial charge in [0.2, 0.25) is 5.91 Å². The van der Waals surface area contributed by atoms with Crippen LogP contribution in [0.25, 0.3) is 0 Å². The number of amides is 2. The summed E-state index contributed by atoms with van der Waals surface area (Å²) in [6, 6.07) is 4.02. The third-order valence-electron chi connectivity index (χ3n) is 6.60. The fourth-order valence-corrected chi connectivity index (χ4v) is 4.90. The minimum absolute atomic E-state index is 0.210. The molecule has 6 nitrogen and oxygen atoms in total. The molecule has 0 aromatic carbocycles. The van der Waals surface area contributed by atoms with Crippen LogP contribution in [0.2, 0.25) is 0 Å². The molecule has 2 aliphatic carbocycles. The molecule has 0 radical (unpaired) electrons. The van der Waals surface area contributed by atoms with E-state index < -0.39 is 5.91 Å². The number of pyridine rings is 1. The number of allylic oxidation sites excluding steroid dienone is 2. The fraction of sp³-hybridized carbons (Fsp3) is 0.500. The van der Waals surface area contributed by atoms with Crippen molar-refractivity contribution in [1.29, 1.82) is 0 Å². The van der Waals surface area contributed by atoms with Gasteiger partial charge in [0, 0.05) is 17.8 Å². The number of carbonyl (C=O) groups excluding carboxylic acids is 2. The van der Waals surface area contributed by atoms with Gasteiger partial charge >= 0.3 is 0 Å². The quantitative estimate of drug-likeness (QED) is 0.621. The van der Waals surface area contributed by atoms with Gasteiger partial charge in [-0.3, -0.25) is 19.8 Å². The Balaban J connectivity index is 1.49. The van der Waals surface area contributed by atoms with Crippen LogP contribution in [-0.2, 0) is 9.59 Å². The van der Waals surface area contributed by atoms with Crippen molar-refractivity contribution in [3.8, 4) is 0 Å². The Bertz CT molecular complexity index is 843. The molecule has 3 atom stereocenters. The van der Waals surface area contributed by atoms with Crippen LogP contribution in [0.5, 0.6) is 0 Å². The van der Waals surface area contributed by atoms with Gasteiger partial charge in [-0.2, -0.15) is 0 Å². The molecule has 2 amide bonds. The second-order valence-electron chi connectivity index (χ2n) is 8.58. The Morgan fingerprint density at radius 1 is 1.32 bits per heavy atom. The number of nitrogens with zero attached hydrogens (tertiary/aromatic N) is 2. The highest BCUT2D eigenvalue weighted by atomic mass is 16.5. The van der Waals surface area contributed by atoms with Crippen molar-refractivity contribution in [1.82, 2.24) is 10.5 Å². The van der Waals surface area contributed by atoms with Gasteiger partial charge in [-0.15, -0.1) is 0 Å². The summed E-state index contributed by atoms with van der Waals surface area (Å²) in [4.78, 5) is 31.4. The van der Waals surface area contributed by atoms with Crippen LogP contribution in [0.4, 0.5) is 5.69 Å². The van der Waals surface area contributed by atoms with Gasteiger partial charge < -0.3 is 4.90 Å². The van der Waals surface area contributed by atoms with Gasteiger partial charge in [-0.1, -0.05) is 32.1 Å². The molecule has 0 bridgehead atoms. The molecule has 2 fully saturated rings. The smallest absolute Gasteiger partial charge is 0.274 e. The number of hydrogen-bond donors (Lipinski definition) is 2. The summed E-state index contributed by atoms with van der Waals surface area (Å²) < 4.78 is 0. The Kier molecular flexibility index (Phi) is 4.83. The van der Waals surface area contributed by atoms with Gasteiger partial charge in [0.15, 0.2) is 0 Å². The molecule has 1 saturated heterocycles. The summed E-state index contributed by atoms with van der Waals surface area (Å²) in [5.74, 6) is 0.608. The molecule has 4 rings (SSSR count). The van der Waals surface area contributed by atoms with Gasteiger partial charge in [-0.05, 0) is 55.6 Å². The molecule has 3 aliphatic rings. The Morgan fingerprint density at radius 3 is 2.82 bits per heavy atom. The molecule has 1 saturated carbocycles. The number of rotatable bonds is 3. The van der Waals surface area contributed by atoms with Crippen molar-refractivity contribution in [3.63, 3.8) is 0 Å². The Hall–Kier alpha value is -2.47. The summed E-state index contributed by atoms with van der Waals surface area (Å²) in [6.45, 7) is 4.95. The first-order valence-electron chi connectivity index (χ1n) is 10.1. The summed E-state index contributed by atoms with van der Waals surface area (Å²) in [7, 11) is 0. The molecular formula is C22H27N3O3. The summed E-state index contributed by atoms with van der Waals surface area (Å²) in [6.07, 6.45) is 10.9. The number of aromatic nitrogens is 1. The molecule has 2 unspecified atom stereocenters. The van der Waals surface area contributed by atoms with Crippen LogP contribution in [0.15, 0.2) is 42.1 Å². The maximum atomic E-state index is 13.4. The van der Waals surface area contributed by atoms with Crippen molar-refractivity contribution >= 4 is 17.5 Å². The first-order chi connectivity index (χ1) is 13.4. The second-order valence-corrected chi connectivity index (χ2v) is 8.58. The Morgan fingerprint density at radius 2 is 2.14 bits per heavy atom. The third-order valence-corrected chi connectivity index (χ3v) is 6.60. The van der Waals surface area contributed by atoms with E-state index in [0.29, 0.717) is 11.5 Å². The largest absolute Gasteiger partial charge is 0.310 e. The zero-order chi connectivity index (χ0) is 19.9. The van der Waals surface area contributed by atoms with Crippen LogP contribution in [0, 0.1) is 17.3 Å². The Labute approximate surface area is 165 Å². The number of carbonyl (C=O) groups is 2. The predicted octanol–water partition coefficient (Wildman–Crippen LogP) is 3.35. The van der Waals surface area contributed by atoms with Crippen LogP contribution >= 0.6 is 0 Å². The predicted molar refractivity (Wildman–Crippen MR) is 106 cm³/mol. The van der Waals surface area contributed by atoms with E-state index in [9.17, 15) is 9.59 Å². The molecule has 1 aromatic rings. The lowest BCUT2D eigenvalue weighted by molar-refractivity contribution is -0.128. The summed E-state index contributed by atoms with van der Waals surface area (Å²) >= 11 is 0. The molecular weight excluding hydrogens is 354 g/mol. The van der Waals surface area contributed by atoms with E-state index in [-0.39, 0.29) is 23.2 Å². The van der Waals surface area contributed by atoms with Crippen molar-refractivity contribution in [2.24, 2.45) is 17.3 Å². The highest BCUT2D eigenvalue weighted by Gasteiger charge is 2.51. The molecule has 148 valence electrons. The number of fused-ring (bicyclic) bond motifs is 1. The SMILES string of the molecule is CC(C)c1ccc(N2CC[C@]3(CCC4C=C(C(=O)NO)C=CC4C3)C2=O)cn1. The fourth-order valence-electron chi connectivity index (χ4n) is 4.90. The van der Waals surface area contributed by atoms with E-state index in [2.05, 4.69) is 18.8 Å². The normalized spacial score (nSPS) is 29.2. The van der Waals surface area contributed by atoms with Crippen LogP contribution in [-0.4, -0.2) is 28.6 Å². The van der Waals surface area contributed by atoms with E-state index in [0.717, 1.165) is 43.6 Å². The molecule has 2 N–H and O–H groups in total. The average molecular weight is 381 g/mol. The van der Waals surface area contributed by atoms with Crippen LogP contribution in [0.1, 0.15) is 51.1 Å². The maximum Gasteiger partial charge on any atom is 0.274 e. The summed E-state index contributed by atoms with van der Waals surface area (Å²) in [5, 5.41) is 8.84. The highest BCUT2D eigenvalue weighted by Crippen LogP contribution is 2.51. The lowest BCUT2D eigenvalue weighted by Gasteiger charge is -2.40. The second kappa shape index (κ2) is 7.17. The molecule has 2 heterocycles. The molecule has 1 aliphatic heterocycles. The standard InChI is InChI=1S/C22H27N3O3/c1-14(2)19-6-5-18(13-23-19)25-10-9-22(21(25)27)8-7-15-11-16(20(26)24-28)3-4-17(15)12-22/h3-6,11,13-15,17,28H,7-10,12H2,1-2H3,(H,24,26)/t15?,17?,22-/m0/s1. The van der Waals surface area contributed by atoms with E-state index >= 15 is 0 Å². The average Bonchev–Trinajstić information content (AvgIpc) is 3.02. The monoisotopic (exact) mass is 381 g/mol. The molecule has 1 spiro atoms. The molecule has 28 heavy (non-hydrogen) atoms.